The molecule has 35 heavy (non-hydrogen) atoms. The summed E-state index contributed by atoms with van der Waals surface area (Å²) in [4.78, 5) is 24.2. The number of piperidine rings is 2. The molecule has 1 amide bonds. The maximum atomic E-state index is 13.3. The van der Waals surface area contributed by atoms with Gasteiger partial charge in [-0.2, -0.15) is 5.48 Å². The van der Waals surface area contributed by atoms with Gasteiger partial charge in [0.15, 0.2) is 0 Å². The molecule has 3 unspecified atom stereocenters. The number of hydrogen-bond donors (Lipinski definition) is 3. The van der Waals surface area contributed by atoms with Crippen LogP contribution in [-0.4, -0.2) is 93.0 Å². The minimum Gasteiger partial charge on any atom is -0.381 e. The van der Waals surface area contributed by atoms with Crippen LogP contribution in [0.5, 0.6) is 0 Å². The van der Waals surface area contributed by atoms with Crippen molar-refractivity contribution in [3.63, 3.8) is 0 Å². The molecule has 4 saturated heterocycles. The van der Waals surface area contributed by atoms with Gasteiger partial charge < -0.3 is 20.3 Å². The number of amides is 1. The lowest BCUT2D eigenvalue weighted by atomic mass is 9.78. The van der Waals surface area contributed by atoms with Crippen LogP contribution >= 0.6 is 0 Å². The third-order valence-corrected chi connectivity index (χ3v) is 9.91. The Hall–Kier alpha value is -0.770. The van der Waals surface area contributed by atoms with Crippen molar-refractivity contribution in [2.45, 2.75) is 95.0 Å². The molecule has 0 aromatic heterocycles. The zero-order chi connectivity index (χ0) is 24.0. The van der Waals surface area contributed by atoms with Crippen LogP contribution in [0.4, 0.5) is 0 Å². The Morgan fingerprint density at radius 1 is 1.00 bits per heavy atom. The van der Waals surface area contributed by atoms with E-state index in [-0.39, 0.29) is 0 Å². The number of ether oxygens (including phenoxy) is 1. The van der Waals surface area contributed by atoms with Gasteiger partial charge in [0.25, 0.3) is 0 Å². The number of carbonyl (C=O) groups is 1. The zero-order valence-electron chi connectivity index (χ0n) is 22.0. The molecule has 5 atom stereocenters. The summed E-state index contributed by atoms with van der Waals surface area (Å²) >= 11 is 0. The summed E-state index contributed by atoms with van der Waals surface area (Å²) in [5.41, 5.74) is 3.40. The molecule has 5 fully saturated rings. The van der Waals surface area contributed by atoms with E-state index in [1.54, 1.807) is 0 Å². The van der Waals surface area contributed by atoms with Crippen LogP contribution in [0.15, 0.2) is 0 Å². The highest BCUT2D eigenvalue weighted by molar-refractivity contribution is 5.76. The van der Waals surface area contributed by atoms with Gasteiger partial charge in [-0.1, -0.05) is 0 Å². The van der Waals surface area contributed by atoms with Gasteiger partial charge in [0.05, 0.1) is 31.8 Å². The molecular formula is C27H51N5O3+2. The van der Waals surface area contributed by atoms with Crippen LogP contribution in [0.2, 0.25) is 0 Å². The molecular weight excluding hydrogens is 442 g/mol. The van der Waals surface area contributed by atoms with Crippen molar-refractivity contribution in [3.05, 3.63) is 0 Å². The first-order valence-electron chi connectivity index (χ1n) is 14.8. The van der Waals surface area contributed by atoms with Crippen LogP contribution in [0.1, 0.15) is 70.6 Å². The maximum Gasteiger partial charge on any atom is 0.222 e. The first-order chi connectivity index (χ1) is 17.2. The third-order valence-electron chi connectivity index (χ3n) is 9.91. The van der Waals surface area contributed by atoms with E-state index >= 15 is 0 Å². The molecule has 0 radical (unpaired) electrons. The van der Waals surface area contributed by atoms with E-state index in [1.165, 1.54) is 64.5 Å². The third kappa shape index (κ3) is 6.76. The van der Waals surface area contributed by atoms with Crippen molar-refractivity contribution in [3.8, 4) is 0 Å². The number of rotatable bonds is 7. The summed E-state index contributed by atoms with van der Waals surface area (Å²) in [5.74, 6) is 2.20. The van der Waals surface area contributed by atoms with Crippen LogP contribution in [0.25, 0.3) is 0 Å². The van der Waals surface area contributed by atoms with Gasteiger partial charge in [-0.25, -0.2) is 0 Å². The molecule has 5 N–H and O–H groups in total. The van der Waals surface area contributed by atoms with Gasteiger partial charge >= 0.3 is 0 Å². The molecule has 1 aliphatic carbocycles. The maximum absolute atomic E-state index is 13.3. The van der Waals surface area contributed by atoms with Crippen LogP contribution in [-0.2, 0) is 14.4 Å². The second-order valence-electron chi connectivity index (χ2n) is 12.0. The Bertz CT molecular complexity index is 659. The van der Waals surface area contributed by atoms with E-state index in [2.05, 4.69) is 25.9 Å². The summed E-state index contributed by atoms with van der Waals surface area (Å²) in [7, 11) is 1.84. The zero-order valence-corrected chi connectivity index (χ0v) is 22.0. The summed E-state index contributed by atoms with van der Waals surface area (Å²) < 4.78 is 5.55. The number of quaternary nitrogens is 2. The Kier molecular flexibility index (Phi) is 9.35. The van der Waals surface area contributed by atoms with Gasteiger partial charge in [-0.15, -0.1) is 0 Å². The molecule has 200 valence electrons. The highest BCUT2D eigenvalue weighted by Crippen LogP contribution is 2.35. The Morgan fingerprint density at radius 2 is 1.83 bits per heavy atom. The predicted octanol–water partition coefficient (Wildman–Crippen LogP) is 0.0510. The fourth-order valence-electron chi connectivity index (χ4n) is 7.62. The molecule has 8 nitrogen and oxygen atoms in total. The van der Waals surface area contributed by atoms with Crippen molar-refractivity contribution in [1.82, 2.24) is 15.3 Å². The number of nitrogens with one attached hydrogen (secondary N) is 1. The van der Waals surface area contributed by atoms with Gasteiger partial charge in [-0.3, -0.25) is 14.5 Å². The quantitative estimate of drug-likeness (QED) is 0.467. The van der Waals surface area contributed by atoms with E-state index in [1.807, 2.05) is 7.11 Å². The smallest absolute Gasteiger partial charge is 0.222 e. The molecule has 5 aliphatic rings. The molecule has 0 spiro atoms. The van der Waals surface area contributed by atoms with Crippen molar-refractivity contribution < 1.29 is 25.0 Å². The Morgan fingerprint density at radius 3 is 2.57 bits per heavy atom. The normalized spacial score (nSPS) is 39.6. The second-order valence-corrected chi connectivity index (χ2v) is 12.0. The molecule has 1 saturated carbocycles. The minimum atomic E-state index is 0.350. The molecule has 0 aromatic rings. The van der Waals surface area contributed by atoms with E-state index in [4.69, 9.17) is 9.57 Å². The summed E-state index contributed by atoms with van der Waals surface area (Å²) in [6.07, 6.45) is 14.4. The van der Waals surface area contributed by atoms with Crippen molar-refractivity contribution >= 4 is 5.91 Å². The Labute approximate surface area is 212 Å². The average molecular weight is 494 g/mol. The van der Waals surface area contributed by atoms with Crippen LogP contribution in [0.3, 0.4) is 0 Å². The molecule has 4 heterocycles. The standard InChI is InChI=1S/C27H49N5O3/c1-34-24-7-5-20(6-8-24)25-18-23(30-35-25)16-22-19-28-11-9-21(22)17-27(33)32-14-12-31(13-15-32)26-4-2-3-10-29-26/h20-26,28-30H,2-19H2,1H3/p+2/t20?,21-,22+,23?,24?,25?,26?/m0/s1. The van der Waals surface area contributed by atoms with Gasteiger partial charge in [0.1, 0.15) is 6.17 Å². The second kappa shape index (κ2) is 12.7. The summed E-state index contributed by atoms with van der Waals surface area (Å²) in [6.45, 7) is 7.51. The summed E-state index contributed by atoms with van der Waals surface area (Å²) in [5, 5.41) is 4.98. The summed E-state index contributed by atoms with van der Waals surface area (Å²) in [6, 6.07) is 0.435. The van der Waals surface area contributed by atoms with Crippen molar-refractivity contribution in [2.24, 2.45) is 17.8 Å². The lowest BCUT2D eigenvalue weighted by molar-refractivity contribution is -0.717. The predicted molar refractivity (Wildman–Crippen MR) is 134 cm³/mol. The van der Waals surface area contributed by atoms with Crippen LogP contribution < -0.4 is 16.1 Å². The topological polar surface area (TPSA) is 87.3 Å². The number of nitrogens with two attached hydrogens (primary N) is 2. The molecule has 0 bridgehead atoms. The van der Waals surface area contributed by atoms with Crippen molar-refractivity contribution in [1.29, 1.82) is 0 Å². The lowest BCUT2D eigenvalue weighted by Gasteiger charge is -2.40. The van der Waals surface area contributed by atoms with E-state index in [9.17, 15) is 4.79 Å². The average Bonchev–Trinajstić information content (AvgIpc) is 3.39. The monoisotopic (exact) mass is 493 g/mol. The first-order valence-corrected chi connectivity index (χ1v) is 14.8. The van der Waals surface area contributed by atoms with Gasteiger partial charge in [0, 0.05) is 64.5 Å². The number of carbonyl (C=O) groups excluding carboxylic acids is 1. The fraction of sp³-hybridized carbons (Fsp3) is 0.963. The molecule has 8 heteroatoms. The number of nitrogens with zero attached hydrogens (tertiary/aromatic N) is 2. The van der Waals surface area contributed by atoms with Crippen LogP contribution in [0, 0.1) is 17.8 Å². The van der Waals surface area contributed by atoms with E-state index in [0.717, 1.165) is 52.0 Å². The first kappa shape index (κ1) is 25.9. The van der Waals surface area contributed by atoms with Gasteiger partial charge in [-0.05, 0) is 63.2 Å². The largest absolute Gasteiger partial charge is 0.381 e. The number of piperazine rings is 1. The SMILES string of the molecule is COC1CCC(C2CC(C[C@@H]3C[NH2+]CC[C@H]3CC(=O)N3CCN(C4CCCC[NH2+]4)CC3)NO2)CC1. The lowest BCUT2D eigenvalue weighted by Crippen LogP contribution is -2.95. The number of hydroxylamine groups is 1. The highest BCUT2D eigenvalue weighted by Gasteiger charge is 2.39. The van der Waals surface area contributed by atoms with Crippen molar-refractivity contribution in [2.75, 3.05) is 52.9 Å². The number of methoxy groups -OCH3 is 1. The molecule has 5 rings (SSSR count). The number of hydrogen-bond acceptors (Lipinski definition) is 5. The minimum absolute atomic E-state index is 0.350. The highest BCUT2D eigenvalue weighted by atomic mass is 16.7. The molecule has 0 aromatic carbocycles. The van der Waals surface area contributed by atoms with Gasteiger partial charge in [0.2, 0.25) is 5.91 Å². The van der Waals surface area contributed by atoms with E-state index < -0.39 is 0 Å². The fourth-order valence-corrected chi connectivity index (χ4v) is 7.62. The Balaban J connectivity index is 1.06. The molecule has 4 aliphatic heterocycles. The van der Waals surface area contributed by atoms with E-state index in [0.29, 0.717) is 48.1 Å².